The summed E-state index contributed by atoms with van der Waals surface area (Å²) in [7, 11) is 0. The molecule has 8 heteroatoms. The van der Waals surface area contributed by atoms with Gasteiger partial charge in [-0.05, 0) is 79.8 Å². The molecule has 1 amide bonds. The van der Waals surface area contributed by atoms with Gasteiger partial charge in [-0.15, -0.1) is 0 Å². The second-order valence-electron chi connectivity index (χ2n) is 9.41. The second-order valence-corrected chi connectivity index (χ2v) is 10.4. The van der Waals surface area contributed by atoms with Gasteiger partial charge in [-0.25, -0.2) is 9.97 Å². The fourth-order valence-electron chi connectivity index (χ4n) is 4.73. The molecule has 0 atom stereocenters. The van der Waals surface area contributed by atoms with Crippen molar-refractivity contribution < 1.29 is 4.79 Å². The molecule has 0 unspecified atom stereocenters. The minimum atomic E-state index is -0.0403. The number of hydrogen-bond acceptors (Lipinski definition) is 7. The largest absolute Gasteiger partial charge is 0.397 e. The van der Waals surface area contributed by atoms with Crippen LogP contribution in [0.5, 0.6) is 0 Å². The van der Waals surface area contributed by atoms with Crippen LogP contribution in [0.3, 0.4) is 0 Å². The summed E-state index contributed by atoms with van der Waals surface area (Å²) >= 11 is 1.64. The van der Waals surface area contributed by atoms with E-state index in [9.17, 15) is 4.79 Å². The number of aromatic nitrogens is 4. The Kier molecular flexibility index (Phi) is 6.04. The zero-order chi connectivity index (χ0) is 26.4. The first-order valence-corrected chi connectivity index (χ1v) is 13.8. The molecule has 0 saturated heterocycles. The highest BCUT2D eigenvalue weighted by Crippen LogP contribution is 2.34. The number of fused-ring (bicyclic) bond motifs is 7. The van der Waals surface area contributed by atoms with E-state index in [0.717, 1.165) is 72.1 Å². The molecule has 0 aliphatic heterocycles. The van der Waals surface area contributed by atoms with E-state index in [0.29, 0.717) is 17.8 Å². The smallest absolute Gasteiger partial charge is 0.225 e. The minimum Gasteiger partial charge on any atom is -0.397 e. The zero-order valence-electron chi connectivity index (χ0n) is 21.4. The molecular formula is C30H26N6OS. The van der Waals surface area contributed by atoms with Crippen LogP contribution < -0.4 is 11.1 Å². The lowest BCUT2D eigenvalue weighted by atomic mass is 10.0. The number of nitrogens with zero attached hydrogens (tertiary/aromatic N) is 4. The number of rotatable bonds is 5. The van der Waals surface area contributed by atoms with Gasteiger partial charge in [-0.1, -0.05) is 12.1 Å². The lowest BCUT2D eigenvalue weighted by Gasteiger charge is -2.12. The maximum Gasteiger partial charge on any atom is 0.225 e. The van der Waals surface area contributed by atoms with Gasteiger partial charge in [-0.2, -0.15) is 11.8 Å². The first-order chi connectivity index (χ1) is 18.4. The summed E-state index contributed by atoms with van der Waals surface area (Å²) in [6.07, 6.45) is 2.43. The average Bonchev–Trinajstić information content (AvgIpc) is 2.91. The molecule has 0 aliphatic carbocycles. The highest BCUT2D eigenvalue weighted by molar-refractivity contribution is 7.98. The van der Waals surface area contributed by atoms with E-state index in [-0.39, 0.29) is 5.91 Å². The molecule has 188 valence electrons. The Labute approximate surface area is 223 Å². The topological polar surface area (TPSA) is 107 Å². The third kappa shape index (κ3) is 4.26. The Morgan fingerprint density at radius 1 is 0.763 bits per heavy atom. The van der Waals surface area contributed by atoms with Crippen LogP contribution in [0.4, 0.5) is 11.4 Å². The summed E-state index contributed by atoms with van der Waals surface area (Å²) in [5.41, 5.74) is 16.1. The maximum atomic E-state index is 12.1. The van der Waals surface area contributed by atoms with Gasteiger partial charge in [0.05, 0.1) is 44.5 Å². The highest BCUT2D eigenvalue weighted by Gasteiger charge is 2.15. The van der Waals surface area contributed by atoms with E-state index >= 15 is 0 Å². The molecule has 3 aromatic carbocycles. The van der Waals surface area contributed by atoms with E-state index in [2.05, 4.69) is 17.4 Å². The van der Waals surface area contributed by atoms with E-state index < -0.39 is 0 Å². The van der Waals surface area contributed by atoms with Crippen LogP contribution in [0.1, 0.15) is 17.8 Å². The molecule has 0 radical (unpaired) electrons. The van der Waals surface area contributed by atoms with Crippen LogP contribution in [0.15, 0.2) is 60.7 Å². The lowest BCUT2D eigenvalue weighted by molar-refractivity contribution is -0.115. The molecule has 0 spiro atoms. The summed E-state index contributed by atoms with van der Waals surface area (Å²) in [5.74, 6) is 0.731. The van der Waals surface area contributed by atoms with Crippen molar-refractivity contribution in [2.75, 3.05) is 23.1 Å². The van der Waals surface area contributed by atoms with Gasteiger partial charge < -0.3 is 11.1 Å². The Balaban J connectivity index is 1.48. The second kappa shape index (κ2) is 9.54. The predicted octanol–water partition coefficient (Wildman–Crippen LogP) is 6.44. The van der Waals surface area contributed by atoms with Crippen LogP contribution in [-0.4, -0.2) is 37.9 Å². The number of hydrogen-bond donors (Lipinski definition) is 2. The van der Waals surface area contributed by atoms with Gasteiger partial charge in [0.15, 0.2) is 0 Å². The van der Waals surface area contributed by atoms with Gasteiger partial charge in [0.25, 0.3) is 0 Å². The molecule has 38 heavy (non-hydrogen) atoms. The number of nitrogens with two attached hydrogens (primary N) is 1. The molecule has 0 fully saturated rings. The van der Waals surface area contributed by atoms with Crippen molar-refractivity contribution in [1.82, 2.24) is 19.9 Å². The van der Waals surface area contributed by atoms with Crippen LogP contribution in [-0.2, 0) is 4.79 Å². The number of carbonyl (C=O) groups is 1. The fraction of sp³-hybridized carbons (Fsp3) is 0.167. The van der Waals surface area contributed by atoms with E-state index in [4.69, 9.17) is 25.7 Å². The normalized spacial score (nSPS) is 11.6. The van der Waals surface area contributed by atoms with Gasteiger partial charge in [-0.3, -0.25) is 14.8 Å². The van der Waals surface area contributed by atoms with Crippen LogP contribution in [0.25, 0.3) is 55.0 Å². The Morgan fingerprint density at radius 3 is 1.97 bits per heavy atom. The summed E-state index contributed by atoms with van der Waals surface area (Å²) in [4.78, 5) is 31.9. The first kappa shape index (κ1) is 24.1. The number of pyridine rings is 2. The van der Waals surface area contributed by atoms with Crippen LogP contribution in [0, 0.1) is 13.8 Å². The number of carbonyl (C=O) groups excluding carboxylic acids is 1. The summed E-state index contributed by atoms with van der Waals surface area (Å²) in [5, 5.41) is 4.78. The first-order valence-electron chi connectivity index (χ1n) is 12.4. The number of amides is 1. The van der Waals surface area contributed by atoms with Crippen molar-refractivity contribution in [3.8, 4) is 11.1 Å². The molecule has 0 bridgehead atoms. The fourth-order valence-corrected chi connectivity index (χ4v) is 5.12. The summed E-state index contributed by atoms with van der Waals surface area (Å²) in [6, 6.07) is 19.8. The van der Waals surface area contributed by atoms with Gasteiger partial charge in [0, 0.05) is 34.3 Å². The van der Waals surface area contributed by atoms with Crippen molar-refractivity contribution >= 4 is 72.9 Å². The maximum absolute atomic E-state index is 12.1. The van der Waals surface area contributed by atoms with E-state index in [1.54, 1.807) is 11.8 Å². The molecule has 0 saturated carbocycles. The number of thioether (sulfide) groups is 1. The zero-order valence-corrected chi connectivity index (χ0v) is 22.2. The van der Waals surface area contributed by atoms with Crippen LogP contribution >= 0.6 is 11.8 Å². The Morgan fingerprint density at radius 2 is 1.34 bits per heavy atom. The van der Waals surface area contributed by atoms with Crippen molar-refractivity contribution in [1.29, 1.82) is 0 Å². The molecule has 6 aromatic rings. The number of nitrogen functional groups attached to an aromatic ring is 1. The average molecular weight is 519 g/mol. The molecule has 6 rings (SSSR count). The Hall–Kier alpha value is -4.30. The number of benzene rings is 3. The predicted molar refractivity (Wildman–Crippen MR) is 159 cm³/mol. The quantitative estimate of drug-likeness (QED) is 0.154. The molecular weight excluding hydrogens is 492 g/mol. The molecule has 0 aliphatic rings. The SMILES string of the molecule is CSCCC(=O)Nc1ccc(-c2ccc3nc4c5ccc(C)nc5c5nc(C)ccc5c4nc3c2)cc1N. The van der Waals surface area contributed by atoms with Crippen molar-refractivity contribution in [2.45, 2.75) is 20.3 Å². The van der Waals surface area contributed by atoms with Crippen molar-refractivity contribution in [2.24, 2.45) is 0 Å². The Bertz CT molecular complexity index is 1900. The standard InChI is InChI=1S/C30H26N6OS/c1-16-4-8-20-27(32-16)28-21(9-5-17(2)33-28)30-29(20)35-24-11-7-19(15-25(24)36-30)18-6-10-23(22(31)14-18)34-26(37)12-13-38-3/h4-11,14-15H,12-13,31H2,1-3H3,(H,34,37). The van der Waals surface area contributed by atoms with E-state index in [1.807, 2.05) is 68.6 Å². The highest BCUT2D eigenvalue weighted by atomic mass is 32.2. The van der Waals surface area contributed by atoms with Gasteiger partial charge >= 0.3 is 0 Å². The van der Waals surface area contributed by atoms with E-state index in [1.165, 1.54) is 0 Å². The lowest BCUT2D eigenvalue weighted by Crippen LogP contribution is -2.13. The summed E-state index contributed by atoms with van der Waals surface area (Å²) in [6.45, 7) is 3.97. The monoisotopic (exact) mass is 518 g/mol. The van der Waals surface area contributed by atoms with Crippen molar-refractivity contribution in [3.05, 3.63) is 72.1 Å². The molecule has 3 N–H and O–H groups in total. The van der Waals surface area contributed by atoms with Gasteiger partial charge in [0.2, 0.25) is 5.91 Å². The number of nitrogens with one attached hydrogen (secondary N) is 1. The number of anilines is 2. The summed E-state index contributed by atoms with van der Waals surface area (Å²) < 4.78 is 0. The van der Waals surface area contributed by atoms with Crippen LogP contribution in [0.2, 0.25) is 0 Å². The van der Waals surface area contributed by atoms with Crippen molar-refractivity contribution in [3.63, 3.8) is 0 Å². The third-order valence-corrected chi connectivity index (χ3v) is 7.27. The molecule has 3 aromatic heterocycles. The van der Waals surface area contributed by atoms with Gasteiger partial charge in [0.1, 0.15) is 0 Å². The molecule has 3 heterocycles. The number of aryl methyl sites for hydroxylation is 2. The molecule has 7 nitrogen and oxygen atoms in total. The third-order valence-electron chi connectivity index (χ3n) is 6.66. The minimum absolute atomic E-state index is 0.0403.